The Morgan fingerprint density at radius 1 is 1.62 bits per heavy atom. The third-order valence-electron chi connectivity index (χ3n) is 0.853. The highest BCUT2D eigenvalue weighted by Gasteiger charge is 1.75. The van der Waals surface area contributed by atoms with E-state index >= 15 is 0 Å². The smallest absolute Gasteiger partial charge is 0.232 e. The van der Waals surface area contributed by atoms with Crippen molar-refractivity contribution in [3.63, 3.8) is 0 Å². The number of aliphatic imine (C=N–C) groups is 1. The fraction of sp³-hybridized carbons (Fsp3) is 0.667. The van der Waals surface area contributed by atoms with Gasteiger partial charge in [0.25, 0.3) is 0 Å². The summed E-state index contributed by atoms with van der Waals surface area (Å²) in [6.07, 6.45) is 5.42. The molecule has 2 heteroatoms. The first-order chi connectivity index (χ1) is 3.91. The summed E-state index contributed by atoms with van der Waals surface area (Å²) in [6, 6.07) is 0. The van der Waals surface area contributed by atoms with Gasteiger partial charge in [-0.05, 0) is 12.8 Å². The molecule has 2 nitrogen and oxygen atoms in total. The number of amides is 1. The average molecular weight is 113 g/mol. The fourth-order valence-electron chi connectivity index (χ4n) is 0.413. The van der Waals surface area contributed by atoms with Gasteiger partial charge in [0.05, 0.1) is 0 Å². The zero-order chi connectivity index (χ0) is 6.24. The van der Waals surface area contributed by atoms with Gasteiger partial charge in [-0.25, -0.2) is 4.99 Å². The summed E-state index contributed by atoms with van der Waals surface area (Å²) in [5.74, 6) is 0. The maximum atomic E-state index is 9.57. The van der Waals surface area contributed by atoms with Crippen molar-refractivity contribution < 1.29 is 4.79 Å². The summed E-state index contributed by atoms with van der Waals surface area (Å²) < 4.78 is 0. The predicted octanol–water partition coefficient (Wildman–Crippen LogP) is 1.40. The molecule has 0 saturated heterocycles. The van der Waals surface area contributed by atoms with E-state index in [4.69, 9.17) is 0 Å². The van der Waals surface area contributed by atoms with Crippen LogP contribution in [0.2, 0.25) is 0 Å². The zero-order valence-electron chi connectivity index (χ0n) is 5.13. The second kappa shape index (κ2) is 6.34. The molecular formula is C6H11NO. The number of hydrogen-bond donors (Lipinski definition) is 0. The Hall–Kier alpha value is -0.660. The molecule has 0 aliphatic rings. The Morgan fingerprint density at radius 2 is 2.38 bits per heavy atom. The molecule has 8 heavy (non-hydrogen) atoms. The van der Waals surface area contributed by atoms with Crippen molar-refractivity contribution in [2.75, 3.05) is 0 Å². The Morgan fingerprint density at radius 3 is 2.88 bits per heavy atom. The van der Waals surface area contributed by atoms with Gasteiger partial charge in [0, 0.05) is 6.21 Å². The third kappa shape index (κ3) is 5.34. The minimum atomic E-state index is 0.565. The second-order valence-electron chi connectivity index (χ2n) is 1.58. The SMILES string of the molecule is CCCCC=NC=O. The standard InChI is InChI=1S/C6H11NO/c1-2-3-4-5-7-6-8/h5-6H,2-4H2,1H3. The number of rotatable bonds is 4. The van der Waals surface area contributed by atoms with Crippen LogP contribution in [-0.4, -0.2) is 12.6 Å². The number of carbonyl (C=O) groups excluding carboxylic acids is 1. The van der Waals surface area contributed by atoms with Gasteiger partial charge < -0.3 is 0 Å². The van der Waals surface area contributed by atoms with Crippen LogP contribution in [0.1, 0.15) is 26.2 Å². The third-order valence-corrected chi connectivity index (χ3v) is 0.853. The van der Waals surface area contributed by atoms with Crippen LogP contribution in [0.15, 0.2) is 4.99 Å². The van der Waals surface area contributed by atoms with Crippen molar-refractivity contribution in [3.05, 3.63) is 0 Å². The highest BCUT2D eigenvalue weighted by Crippen LogP contribution is 1.88. The molecule has 0 aliphatic heterocycles. The van der Waals surface area contributed by atoms with E-state index in [1.54, 1.807) is 6.21 Å². The zero-order valence-corrected chi connectivity index (χ0v) is 5.13. The molecular weight excluding hydrogens is 102 g/mol. The number of nitrogens with zero attached hydrogens (tertiary/aromatic N) is 1. The van der Waals surface area contributed by atoms with Crippen LogP contribution in [0.4, 0.5) is 0 Å². The Bertz CT molecular complexity index is 78.6. The predicted molar refractivity (Wildman–Crippen MR) is 34.1 cm³/mol. The summed E-state index contributed by atoms with van der Waals surface area (Å²) in [7, 11) is 0. The second-order valence-corrected chi connectivity index (χ2v) is 1.58. The van der Waals surface area contributed by atoms with E-state index in [1.807, 2.05) is 0 Å². The van der Waals surface area contributed by atoms with E-state index in [-0.39, 0.29) is 0 Å². The van der Waals surface area contributed by atoms with Gasteiger partial charge in [-0.15, -0.1) is 0 Å². The molecule has 0 atom stereocenters. The molecule has 0 aliphatic carbocycles. The van der Waals surface area contributed by atoms with E-state index in [9.17, 15) is 4.79 Å². The van der Waals surface area contributed by atoms with Gasteiger partial charge in [-0.3, -0.25) is 4.79 Å². The normalized spacial score (nSPS) is 10.1. The number of hydrogen-bond acceptors (Lipinski definition) is 1. The molecule has 1 amide bonds. The van der Waals surface area contributed by atoms with Crippen molar-refractivity contribution in [2.45, 2.75) is 26.2 Å². The van der Waals surface area contributed by atoms with E-state index in [2.05, 4.69) is 11.9 Å². The highest BCUT2D eigenvalue weighted by atomic mass is 16.1. The lowest BCUT2D eigenvalue weighted by atomic mass is 10.3. The molecule has 0 N–H and O–H groups in total. The van der Waals surface area contributed by atoms with Crippen molar-refractivity contribution in [1.82, 2.24) is 0 Å². The Balaban J connectivity index is 2.91. The Labute approximate surface area is 49.6 Å². The molecule has 0 saturated carbocycles. The quantitative estimate of drug-likeness (QED) is 0.308. The van der Waals surface area contributed by atoms with E-state index in [0.717, 1.165) is 19.3 Å². The van der Waals surface area contributed by atoms with Crippen LogP contribution in [0.3, 0.4) is 0 Å². The highest BCUT2D eigenvalue weighted by molar-refractivity contribution is 5.68. The van der Waals surface area contributed by atoms with Gasteiger partial charge in [-0.1, -0.05) is 13.3 Å². The molecule has 0 spiro atoms. The lowest BCUT2D eigenvalue weighted by Crippen LogP contribution is -1.74. The summed E-state index contributed by atoms with van der Waals surface area (Å²) >= 11 is 0. The van der Waals surface area contributed by atoms with Crippen LogP contribution in [0.5, 0.6) is 0 Å². The topological polar surface area (TPSA) is 29.4 Å². The minimum Gasteiger partial charge on any atom is -0.276 e. The van der Waals surface area contributed by atoms with Crippen LogP contribution >= 0.6 is 0 Å². The monoisotopic (exact) mass is 113 g/mol. The van der Waals surface area contributed by atoms with Crippen LogP contribution in [0, 0.1) is 0 Å². The van der Waals surface area contributed by atoms with Gasteiger partial charge >= 0.3 is 0 Å². The molecule has 46 valence electrons. The molecule has 0 unspecified atom stereocenters. The molecule has 0 fully saturated rings. The van der Waals surface area contributed by atoms with E-state index in [1.165, 1.54) is 0 Å². The largest absolute Gasteiger partial charge is 0.276 e. The van der Waals surface area contributed by atoms with Crippen molar-refractivity contribution >= 4 is 12.6 Å². The lowest BCUT2D eigenvalue weighted by Gasteiger charge is -1.82. The average Bonchev–Trinajstić information content (AvgIpc) is 1.81. The first-order valence-electron chi connectivity index (χ1n) is 2.87. The van der Waals surface area contributed by atoms with E-state index < -0.39 is 0 Å². The number of unbranched alkanes of at least 4 members (excludes halogenated alkanes) is 2. The minimum absolute atomic E-state index is 0.565. The molecule has 0 radical (unpaired) electrons. The first kappa shape index (κ1) is 7.34. The lowest BCUT2D eigenvalue weighted by molar-refractivity contribution is -0.106. The van der Waals surface area contributed by atoms with Crippen molar-refractivity contribution in [3.8, 4) is 0 Å². The van der Waals surface area contributed by atoms with Gasteiger partial charge in [0.15, 0.2) is 0 Å². The Kier molecular flexibility index (Phi) is 5.82. The summed E-state index contributed by atoms with van der Waals surface area (Å²) in [4.78, 5) is 13.0. The van der Waals surface area contributed by atoms with Crippen molar-refractivity contribution in [1.29, 1.82) is 0 Å². The number of carbonyl (C=O) groups is 1. The summed E-state index contributed by atoms with van der Waals surface area (Å²) in [5.41, 5.74) is 0. The summed E-state index contributed by atoms with van der Waals surface area (Å²) in [5, 5.41) is 0. The molecule has 0 aromatic carbocycles. The van der Waals surface area contributed by atoms with Gasteiger partial charge in [0.1, 0.15) is 0 Å². The molecule has 0 bridgehead atoms. The summed E-state index contributed by atoms with van der Waals surface area (Å²) in [6.45, 7) is 2.11. The maximum absolute atomic E-state index is 9.57. The van der Waals surface area contributed by atoms with Crippen LogP contribution in [-0.2, 0) is 4.79 Å². The van der Waals surface area contributed by atoms with Crippen LogP contribution < -0.4 is 0 Å². The van der Waals surface area contributed by atoms with Crippen LogP contribution in [0.25, 0.3) is 0 Å². The molecule has 0 aromatic rings. The first-order valence-corrected chi connectivity index (χ1v) is 2.87. The van der Waals surface area contributed by atoms with Gasteiger partial charge in [-0.2, -0.15) is 0 Å². The van der Waals surface area contributed by atoms with Crippen molar-refractivity contribution in [2.24, 2.45) is 4.99 Å². The molecule has 0 rings (SSSR count). The van der Waals surface area contributed by atoms with E-state index in [0.29, 0.717) is 6.41 Å². The fourth-order valence-corrected chi connectivity index (χ4v) is 0.413. The molecule has 0 heterocycles. The van der Waals surface area contributed by atoms with Gasteiger partial charge in [0.2, 0.25) is 6.41 Å². The molecule has 0 aromatic heterocycles. The maximum Gasteiger partial charge on any atom is 0.232 e.